The number of amides is 3. The van der Waals surface area contributed by atoms with E-state index in [0.717, 1.165) is 0 Å². The van der Waals surface area contributed by atoms with E-state index < -0.39 is 41.5 Å². The molecule has 4 unspecified atom stereocenters. The van der Waals surface area contributed by atoms with Crippen LogP contribution >= 0.6 is 0 Å². The smallest absolute Gasteiger partial charge is 0.327 e. The maximum Gasteiger partial charge on any atom is 0.327 e. The highest BCUT2D eigenvalue weighted by Gasteiger charge is 2.41. The summed E-state index contributed by atoms with van der Waals surface area (Å²) < 4.78 is 10.2. The van der Waals surface area contributed by atoms with Crippen LogP contribution in [-0.2, 0) is 28.7 Å². The van der Waals surface area contributed by atoms with Gasteiger partial charge in [0, 0.05) is 13.7 Å². The zero-order chi connectivity index (χ0) is 25.3. The fourth-order valence-corrected chi connectivity index (χ4v) is 3.75. The highest BCUT2D eigenvalue weighted by atomic mass is 16.5. The van der Waals surface area contributed by atoms with Crippen molar-refractivity contribution in [1.82, 2.24) is 21.1 Å². The summed E-state index contributed by atoms with van der Waals surface area (Å²) in [6, 6.07) is -1.69. The summed E-state index contributed by atoms with van der Waals surface area (Å²) >= 11 is 0. The molecule has 188 valence electrons. The van der Waals surface area contributed by atoms with Crippen molar-refractivity contribution in [3.63, 3.8) is 0 Å². The van der Waals surface area contributed by atoms with Gasteiger partial charge in [-0.15, -0.1) is 0 Å². The average molecular weight is 469 g/mol. The van der Waals surface area contributed by atoms with E-state index in [9.17, 15) is 19.2 Å². The minimum Gasteiger partial charge on any atom is -0.468 e. The van der Waals surface area contributed by atoms with Gasteiger partial charge in [-0.3, -0.25) is 24.2 Å². The Balaban J connectivity index is 2.83. The lowest BCUT2D eigenvalue weighted by atomic mass is 9.94. The molecule has 1 heterocycles. The molecule has 0 aromatic heterocycles. The quantitative estimate of drug-likeness (QED) is 0.321. The normalized spacial score (nSPS) is 22.4. The molecule has 0 spiro atoms. The number of nitrogens with zero attached hydrogens (tertiary/aromatic N) is 1. The molecular weight excluding hydrogens is 428 g/mol. The maximum absolute atomic E-state index is 13.0. The predicted octanol–water partition coefficient (Wildman–Crippen LogP) is 0.918. The van der Waals surface area contributed by atoms with Gasteiger partial charge in [0.25, 0.3) is 5.91 Å². The van der Waals surface area contributed by atoms with Gasteiger partial charge in [0.1, 0.15) is 17.6 Å². The Labute approximate surface area is 196 Å². The third-order valence-corrected chi connectivity index (χ3v) is 5.88. The second-order valence-corrected chi connectivity index (χ2v) is 9.00. The average Bonchev–Trinajstić information content (AvgIpc) is 2.78. The van der Waals surface area contributed by atoms with Crippen LogP contribution in [0.25, 0.3) is 0 Å². The van der Waals surface area contributed by atoms with Crippen LogP contribution in [0.3, 0.4) is 0 Å². The number of hydrogen-bond acceptors (Lipinski definition) is 7. The zero-order valence-electron chi connectivity index (χ0n) is 21.1. The number of esters is 1. The number of allylic oxidation sites excluding steroid dienone is 1. The second-order valence-electron chi connectivity index (χ2n) is 9.00. The second kappa shape index (κ2) is 12.7. The number of ether oxygens (including phenoxy) is 2. The largest absolute Gasteiger partial charge is 0.468 e. The van der Waals surface area contributed by atoms with Crippen molar-refractivity contribution in [3.8, 4) is 0 Å². The molecule has 33 heavy (non-hydrogen) atoms. The van der Waals surface area contributed by atoms with Crippen LogP contribution < -0.4 is 16.1 Å². The minimum atomic E-state index is -1.01. The first-order chi connectivity index (χ1) is 15.4. The van der Waals surface area contributed by atoms with Gasteiger partial charge in [0.05, 0.1) is 19.1 Å². The molecule has 0 bridgehead atoms. The number of rotatable bonds is 10. The van der Waals surface area contributed by atoms with Gasteiger partial charge in [0.2, 0.25) is 11.8 Å². The van der Waals surface area contributed by atoms with Crippen LogP contribution in [0.5, 0.6) is 0 Å². The van der Waals surface area contributed by atoms with Gasteiger partial charge < -0.3 is 20.1 Å². The minimum absolute atomic E-state index is 0.207. The van der Waals surface area contributed by atoms with Crippen molar-refractivity contribution in [2.75, 3.05) is 20.8 Å². The molecule has 0 saturated carbocycles. The van der Waals surface area contributed by atoms with Crippen molar-refractivity contribution in [2.24, 2.45) is 11.8 Å². The van der Waals surface area contributed by atoms with Crippen LogP contribution in [-0.4, -0.2) is 73.2 Å². The lowest BCUT2D eigenvalue weighted by molar-refractivity contribution is -0.157. The van der Waals surface area contributed by atoms with E-state index in [1.807, 2.05) is 20.8 Å². The zero-order valence-corrected chi connectivity index (χ0v) is 21.1. The molecule has 3 N–H and O–H groups in total. The number of hydrogen-bond donors (Lipinski definition) is 3. The first-order valence-corrected chi connectivity index (χ1v) is 11.4. The lowest BCUT2D eigenvalue weighted by Gasteiger charge is -2.40. The molecule has 0 aliphatic carbocycles. The number of hydrazine groups is 1. The van der Waals surface area contributed by atoms with Crippen LogP contribution in [0.4, 0.5) is 0 Å². The standard InChI is InChI=1S/C23H40N4O6/c1-9-11-17(32-7)15(4)19(28)25-18(14(2)3)20(29)24-16(5)21(30)27-13-10-12-23(6,26-27)22(31)33-8/h9,11,14-18,26H,10,12-13H2,1-8H3,(H,24,29)(H,25,28)/b11-9+/t15?,16?,17-,18?,23?/m1/s1. The summed E-state index contributed by atoms with van der Waals surface area (Å²) in [6.45, 7) is 10.8. The highest BCUT2D eigenvalue weighted by Crippen LogP contribution is 2.20. The summed E-state index contributed by atoms with van der Waals surface area (Å²) in [4.78, 5) is 50.7. The SMILES string of the molecule is C/C=C/[C@@H](OC)C(C)C(=O)NC(C(=O)NC(C)C(=O)N1CCCC(C)(C(=O)OC)N1)C(C)C. The first kappa shape index (κ1) is 28.6. The number of nitrogens with one attached hydrogen (secondary N) is 3. The Morgan fingerprint density at radius 1 is 1.06 bits per heavy atom. The van der Waals surface area contributed by atoms with E-state index in [2.05, 4.69) is 16.1 Å². The van der Waals surface area contributed by atoms with Crippen molar-refractivity contribution < 1.29 is 28.7 Å². The Bertz CT molecular complexity index is 740. The van der Waals surface area contributed by atoms with Crippen molar-refractivity contribution in [2.45, 2.75) is 78.1 Å². The number of methoxy groups -OCH3 is 2. The topological polar surface area (TPSA) is 126 Å². The molecule has 5 atom stereocenters. The fourth-order valence-electron chi connectivity index (χ4n) is 3.75. The van der Waals surface area contributed by atoms with E-state index in [1.54, 1.807) is 32.9 Å². The maximum atomic E-state index is 13.0. The van der Waals surface area contributed by atoms with Crippen LogP contribution in [0.15, 0.2) is 12.2 Å². The van der Waals surface area contributed by atoms with E-state index in [0.29, 0.717) is 19.4 Å². The van der Waals surface area contributed by atoms with Crippen LogP contribution in [0, 0.1) is 11.8 Å². The van der Waals surface area contributed by atoms with E-state index in [4.69, 9.17) is 9.47 Å². The fraction of sp³-hybridized carbons (Fsp3) is 0.739. The summed E-state index contributed by atoms with van der Waals surface area (Å²) in [5.74, 6) is -2.33. The molecule has 1 aliphatic heterocycles. The molecule has 10 heteroatoms. The van der Waals surface area contributed by atoms with Gasteiger partial charge in [-0.2, -0.15) is 0 Å². The molecule has 1 fully saturated rings. The Morgan fingerprint density at radius 3 is 2.21 bits per heavy atom. The molecule has 0 aromatic rings. The molecule has 0 aromatic carbocycles. The monoisotopic (exact) mass is 468 g/mol. The van der Waals surface area contributed by atoms with E-state index in [1.165, 1.54) is 19.2 Å². The summed E-state index contributed by atoms with van der Waals surface area (Å²) in [6.07, 6.45) is 4.31. The van der Waals surface area contributed by atoms with Gasteiger partial charge in [-0.25, -0.2) is 5.43 Å². The number of carbonyl (C=O) groups is 4. The molecule has 3 amide bonds. The van der Waals surface area contributed by atoms with Crippen molar-refractivity contribution >= 4 is 23.7 Å². The van der Waals surface area contributed by atoms with Crippen molar-refractivity contribution in [1.29, 1.82) is 0 Å². The predicted molar refractivity (Wildman–Crippen MR) is 124 cm³/mol. The number of carbonyl (C=O) groups excluding carboxylic acids is 4. The molecule has 1 saturated heterocycles. The van der Waals surface area contributed by atoms with Gasteiger partial charge in [0.15, 0.2) is 0 Å². The lowest BCUT2D eigenvalue weighted by Crippen LogP contribution is -2.65. The molecular formula is C23H40N4O6. The summed E-state index contributed by atoms with van der Waals surface area (Å²) in [5, 5.41) is 6.82. The van der Waals surface area contributed by atoms with Gasteiger partial charge in [-0.05, 0) is 39.5 Å². The van der Waals surface area contributed by atoms with Gasteiger partial charge >= 0.3 is 5.97 Å². The third-order valence-electron chi connectivity index (χ3n) is 5.88. The molecule has 1 aliphatic rings. The van der Waals surface area contributed by atoms with Crippen molar-refractivity contribution in [3.05, 3.63) is 12.2 Å². The summed E-state index contributed by atoms with van der Waals surface area (Å²) in [5.41, 5.74) is 1.92. The van der Waals surface area contributed by atoms with Crippen LogP contribution in [0.2, 0.25) is 0 Å². The third kappa shape index (κ3) is 7.53. The Hall–Kier alpha value is -2.46. The van der Waals surface area contributed by atoms with Crippen LogP contribution in [0.1, 0.15) is 54.4 Å². The summed E-state index contributed by atoms with van der Waals surface area (Å²) in [7, 11) is 2.82. The molecule has 0 radical (unpaired) electrons. The molecule has 10 nitrogen and oxygen atoms in total. The van der Waals surface area contributed by atoms with E-state index in [-0.39, 0.29) is 17.7 Å². The highest BCUT2D eigenvalue weighted by molar-refractivity contribution is 5.92. The first-order valence-electron chi connectivity index (χ1n) is 11.4. The Morgan fingerprint density at radius 2 is 1.70 bits per heavy atom. The van der Waals surface area contributed by atoms with E-state index >= 15 is 0 Å². The molecule has 1 rings (SSSR count). The van der Waals surface area contributed by atoms with Gasteiger partial charge in [-0.1, -0.05) is 32.9 Å². The Kier molecular flexibility index (Phi) is 11.0.